The number of halogens is 1. The molecule has 1 aromatic rings. The second kappa shape index (κ2) is 7.65. The second-order valence-electron chi connectivity index (χ2n) is 5.94. The molecule has 2 heterocycles. The van der Waals surface area contributed by atoms with Gasteiger partial charge in [0, 0.05) is 23.9 Å². The van der Waals surface area contributed by atoms with E-state index in [9.17, 15) is 27.2 Å². The summed E-state index contributed by atoms with van der Waals surface area (Å²) >= 11 is 0.679. The van der Waals surface area contributed by atoms with Crippen molar-refractivity contribution in [2.75, 3.05) is 12.3 Å². The van der Waals surface area contributed by atoms with Crippen molar-refractivity contribution < 1.29 is 27.2 Å². The van der Waals surface area contributed by atoms with Gasteiger partial charge in [-0.1, -0.05) is 18.2 Å². The van der Waals surface area contributed by atoms with E-state index in [0.717, 1.165) is 10.3 Å². The first-order valence-corrected chi connectivity index (χ1v) is 10.5. The molecule has 0 aliphatic carbocycles. The number of hydrogen-bond acceptors (Lipinski definition) is 6. The molecule has 0 bridgehead atoms. The number of hydrogen-bond donors (Lipinski definition) is 1. The van der Waals surface area contributed by atoms with E-state index in [4.69, 9.17) is 0 Å². The molecule has 1 atom stereocenters. The van der Waals surface area contributed by atoms with Gasteiger partial charge in [-0.25, -0.2) is 12.8 Å². The largest absolute Gasteiger partial charge is 0.349 e. The van der Waals surface area contributed by atoms with E-state index in [1.807, 2.05) is 0 Å². The molecule has 1 aromatic carbocycles. The number of amides is 3. The Morgan fingerprint density at radius 1 is 1.33 bits per heavy atom. The summed E-state index contributed by atoms with van der Waals surface area (Å²) in [4.78, 5) is 37.3. The lowest BCUT2D eigenvalue weighted by Gasteiger charge is -2.14. The highest BCUT2D eigenvalue weighted by atomic mass is 32.2. The third kappa shape index (κ3) is 4.64. The van der Waals surface area contributed by atoms with Crippen LogP contribution < -0.4 is 5.32 Å². The Hall–Kier alpha value is -2.46. The number of rotatable bonds is 5. The SMILES string of the molecule is O=C(CCN1C(=O)SC(=Cc2ccccc2F)C1=O)NC1C=CS(=O)(=O)C1. The first-order chi connectivity index (χ1) is 12.7. The summed E-state index contributed by atoms with van der Waals surface area (Å²) in [5, 5.41) is 3.02. The first-order valence-electron chi connectivity index (χ1n) is 7.95. The fourth-order valence-corrected chi connectivity index (χ4v) is 4.68. The maximum atomic E-state index is 13.7. The molecule has 10 heteroatoms. The molecule has 2 aliphatic rings. The molecule has 2 aliphatic heterocycles. The van der Waals surface area contributed by atoms with E-state index in [1.165, 1.54) is 30.4 Å². The Balaban J connectivity index is 1.59. The minimum atomic E-state index is -3.29. The van der Waals surface area contributed by atoms with Crippen LogP contribution in [0.4, 0.5) is 9.18 Å². The van der Waals surface area contributed by atoms with Gasteiger partial charge < -0.3 is 5.32 Å². The monoisotopic (exact) mass is 410 g/mol. The van der Waals surface area contributed by atoms with Crippen LogP contribution in [0.25, 0.3) is 6.08 Å². The predicted octanol–water partition coefficient (Wildman–Crippen LogP) is 1.68. The molecule has 0 spiro atoms. The molecule has 0 aromatic heterocycles. The summed E-state index contributed by atoms with van der Waals surface area (Å²) in [5.41, 5.74) is 0.190. The molecule has 1 N–H and O–H groups in total. The molecule has 1 unspecified atom stereocenters. The third-order valence-electron chi connectivity index (χ3n) is 3.90. The average molecular weight is 410 g/mol. The first kappa shape index (κ1) is 19.3. The summed E-state index contributed by atoms with van der Waals surface area (Å²) in [6, 6.07) is 5.25. The van der Waals surface area contributed by atoms with Gasteiger partial charge in [-0.3, -0.25) is 19.3 Å². The Kier molecular flexibility index (Phi) is 5.47. The van der Waals surface area contributed by atoms with Crippen molar-refractivity contribution >= 4 is 44.7 Å². The molecule has 142 valence electrons. The number of sulfone groups is 1. The van der Waals surface area contributed by atoms with E-state index in [0.29, 0.717) is 11.8 Å². The number of nitrogens with one attached hydrogen (secondary N) is 1. The Labute approximate surface area is 159 Å². The van der Waals surface area contributed by atoms with Crippen molar-refractivity contribution in [2.24, 2.45) is 0 Å². The third-order valence-corrected chi connectivity index (χ3v) is 6.21. The van der Waals surface area contributed by atoms with E-state index >= 15 is 0 Å². The summed E-state index contributed by atoms with van der Waals surface area (Å²) in [7, 11) is -3.29. The lowest BCUT2D eigenvalue weighted by atomic mass is 10.2. The highest BCUT2D eigenvalue weighted by Crippen LogP contribution is 2.32. The van der Waals surface area contributed by atoms with Crippen molar-refractivity contribution in [3.63, 3.8) is 0 Å². The van der Waals surface area contributed by atoms with Crippen LogP contribution in [0.1, 0.15) is 12.0 Å². The molecular weight excluding hydrogens is 395 g/mol. The van der Waals surface area contributed by atoms with Crippen LogP contribution in [0.2, 0.25) is 0 Å². The van der Waals surface area contributed by atoms with Crippen LogP contribution in [0.15, 0.2) is 40.7 Å². The van der Waals surface area contributed by atoms with Crippen LogP contribution in [0.5, 0.6) is 0 Å². The van der Waals surface area contributed by atoms with Gasteiger partial charge in [-0.15, -0.1) is 0 Å². The highest BCUT2D eigenvalue weighted by molar-refractivity contribution is 8.18. The van der Waals surface area contributed by atoms with Gasteiger partial charge in [-0.2, -0.15) is 0 Å². The van der Waals surface area contributed by atoms with Crippen LogP contribution in [0.3, 0.4) is 0 Å². The lowest BCUT2D eigenvalue weighted by Crippen LogP contribution is -2.38. The number of carbonyl (C=O) groups excluding carboxylic acids is 3. The van der Waals surface area contributed by atoms with Gasteiger partial charge >= 0.3 is 0 Å². The van der Waals surface area contributed by atoms with Crippen LogP contribution in [-0.4, -0.2) is 48.7 Å². The van der Waals surface area contributed by atoms with Gasteiger partial charge in [-0.05, 0) is 30.0 Å². The molecule has 3 rings (SSSR count). The predicted molar refractivity (Wildman–Crippen MR) is 98.6 cm³/mol. The zero-order chi connectivity index (χ0) is 19.6. The van der Waals surface area contributed by atoms with E-state index < -0.39 is 38.7 Å². The van der Waals surface area contributed by atoms with Gasteiger partial charge in [0.15, 0.2) is 9.84 Å². The molecule has 0 radical (unpaired) electrons. The molecule has 1 saturated heterocycles. The van der Waals surface area contributed by atoms with Gasteiger partial charge in [0.2, 0.25) is 5.91 Å². The number of imide groups is 1. The molecule has 0 saturated carbocycles. The normalized spacial score (nSPS) is 22.6. The van der Waals surface area contributed by atoms with Crippen LogP contribution in [-0.2, 0) is 19.4 Å². The average Bonchev–Trinajstić information content (AvgIpc) is 3.07. The number of nitrogens with zero attached hydrogens (tertiary/aromatic N) is 1. The van der Waals surface area contributed by atoms with Crippen molar-refractivity contribution in [1.29, 1.82) is 0 Å². The maximum absolute atomic E-state index is 13.7. The van der Waals surface area contributed by atoms with Crippen LogP contribution in [0, 0.1) is 5.82 Å². The Morgan fingerprint density at radius 3 is 2.74 bits per heavy atom. The summed E-state index contributed by atoms with van der Waals surface area (Å²) in [5.74, 6) is -1.78. The van der Waals surface area contributed by atoms with Gasteiger partial charge in [0.25, 0.3) is 11.1 Å². The topological polar surface area (TPSA) is 101 Å². The molecule has 7 nitrogen and oxygen atoms in total. The fraction of sp³-hybridized carbons (Fsp3) is 0.235. The smallest absolute Gasteiger partial charge is 0.293 e. The number of benzene rings is 1. The van der Waals surface area contributed by atoms with Gasteiger partial charge in [0.1, 0.15) is 5.82 Å². The summed E-state index contributed by atoms with van der Waals surface area (Å²) in [6.45, 7) is -0.145. The maximum Gasteiger partial charge on any atom is 0.293 e. The quantitative estimate of drug-likeness (QED) is 0.742. The Bertz CT molecular complexity index is 971. The van der Waals surface area contributed by atoms with Crippen molar-refractivity contribution in [3.8, 4) is 0 Å². The zero-order valence-electron chi connectivity index (χ0n) is 13.9. The molecular formula is C17H15FN2O5S2. The van der Waals surface area contributed by atoms with E-state index in [-0.39, 0.29) is 29.2 Å². The minimum Gasteiger partial charge on any atom is -0.349 e. The minimum absolute atomic E-state index is 0.0790. The fourth-order valence-electron chi connectivity index (χ4n) is 2.58. The zero-order valence-corrected chi connectivity index (χ0v) is 15.6. The summed E-state index contributed by atoms with van der Waals surface area (Å²) in [6.07, 6.45) is 2.52. The van der Waals surface area contributed by atoms with Crippen molar-refractivity contribution in [2.45, 2.75) is 12.5 Å². The standard InChI is InChI=1S/C17H15FN2O5S2/c18-13-4-2-1-3-11(13)9-14-16(22)20(17(23)26-14)7-5-15(21)19-12-6-8-27(24,25)10-12/h1-4,6,8-9,12H,5,7,10H2,(H,19,21). The molecule has 27 heavy (non-hydrogen) atoms. The molecule has 1 fully saturated rings. The number of thioether (sulfide) groups is 1. The van der Waals surface area contributed by atoms with Crippen molar-refractivity contribution in [1.82, 2.24) is 10.2 Å². The molecule has 3 amide bonds. The van der Waals surface area contributed by atoms with Crippen LogP contribution >= 0.6 is 11.8 Å². The lowest BCUT2D eigenvalue weighted by molar-refractivity contribution is -0.124. The van der Waals surface area contributed by atoms with E-state index in [2.05, 4.69) is 5.32 Å². The van der Waals surface area contributed by atoms with Crippen molar-refractivity contribution in [3.05, 3.63) is 52.0 Å². The second-order valence-corrected chi connectivity index (χ2v) is 8.86. The number of carbonyl (C=O) groups is 3. The van der Waals surface area contributed by atoms with Gasteiger partial charge in [0.05, 0.1) is 16.7 Å². The Morgan fingerprint density at radius 2 is 2.07 bits per heavy atom. The summed E-state index contributed by atoms with van der Waals surface area (Å²) < 4.78 is 36.3. The van der Waals surface area contributed by atoms with E-state index in [1.54, 1.807) is 6.07 Å². The highest BCUT2D eigenvalue weighted by Gasteiger charge is 2.35.